The third kappa shape index (κ3) is 5.19. The van der Waals surface area contributed by atoms with Crippen molar-refractivity contribution < 1.29 is 14.4 Å². The second-order valence-electron chi connectivity index (χ2n) is 5.19. The summed E-state index contributed by atoms with van der Waals surface area (Å²) >= 11 is 0. The molecule has 0 spiro atoms. The summed E-state index contributed by atoms with van der Waals surface area (Å²) in [7, 11) is 3.64. The monoisotopic (exact) mass is 281 g/mol. The van der Waals surface area contributed by atoms with Gasteiger partial charge in [-0.3, -0.25) is 4.79 Å². The van der Waals surface area contributed by atoms with Crippen molar-refractivity contribution in [3.05, 3.63) is 11.3 Å². The average molecular weight is 281 g/mol. The number of hydrogen-bond acceptors (Lipinski definition) is 4. The molecule has 1 heterocycles. The van der Waals surface area contributed by atoms with E-state index in [9.17, 15) is 4.79 Å². The van der Waals surface area contributed by atoms with Gasteiger partial charge in [-0.2, -0.15) is 5.26 Å². The lowest BCUT2D eigenvalue weighted by molar-refractivity contribution is -0.908. The number of nitrogens with one attached hydrogen (secondary N) is 2. The van der Waals surface area contributed by atoms with Crippen LogP contribution in [-0.4, -0.2) is 64.3 Å². The van der Waals surface area contributed by atoms with Crippen molar-refractivity contribution in [1.82, 2.24) is 10.2 Å². The molecule has 6 heteroatoms. The molecular formula is C14H25N4O2+. The molecule has 1 rings (SSSR count). The van der Waals surface area contributed by atoms with E-state index in [2.05, 4.69) is 5.32 Å². The Morgan fingerprint density at radius 3 is 2.60 bits per heavy atom. The zero-order valence-corrected chi connectivity index (χ0v) is 12.7. The number of amides is 1. The molecular weight excluding hydrogens is 256 g/mol. The van der Waals surface area contributed by atoms with Gasteiger partial charge in [0, 0.05) is 32.8 Å². The van der Waals surface area contributed by atoms with Gasteiger partial charge < -0.3 is 19.9 Å². The van der Waals surface area contributed by atoms with Crippen molar-refractivity contribution in [3.63, 3.8) is 0 Å². The molecule has 0 aromatic carbocycles. The van der Waals surface area contributed by atoms with Crippen molar-refractivity contribution >= 4 is 5.91 Å². The highest BCUT2D eigenvalue weighted by molar-refractivity contribution is 5.97. The van der Waals surface area contributed by atoms with Crippen LogP contribution < -0.4 is 10.2 Å². The fraction of sp³-hybridized carbons (Fsp3) is 0.714. The van der Waals surface area contributed by atoms with Crippen LogP contribution in [0.5, 0.6) is 0 Å². The van der Waals surface area contributed by atoms with Crippen LogP contribution in [0.1, 0.15) is 13.3 Å². The number of carbonyl (C=O) groups excluding carboxylic acids is 1. The van der Waals surface area contributed by atoms with Crippen LogP contribution in [-0.2, 0) is 9.53 Å². The molecule has 0 aliphatic carbocycles. The minimum Gasteiger partial charge on any atom is -0.380 e. The molecule has 1 fully saturated rings. The van der Waals surface area contributed by atoms with Crippen LogP contribution in [0.3, 0.4) is 0 Å². The van der Waals surface area contributed by atoms with Crippen LogP contribution in [0, 0.1) is 11.3 Å². The quantitative estimate of drug-likeness (QED) is 0.363. The van der Waals surface area contributed by atoms with E-state index in [1.165, 1.54) is 4.90 Å². The van der Waals surface area contributed by atoms with Gasteiger partial charge in [-0.25, -0.2) is 0 Å². The van der Waals surface area contributed by atoms with Crippen LogP contribution in [0.2, 0.25) is 0 Å². The molecule has 2 N–H and O–H groups in total. The Balaban J connectivity index is 2.32. The molecule has 1 amide bonds. The summed E-state index contributed by atoms with van der Waals surface area (Å²) < 4.78 is 5.30. The Morgan fingerprint density at radius 1 is 1.40 bits per heavy atom. The first kappa shape index (κ1) is 16.5. The van der Waals surface area contributed by atoms with Crippen LogP contribution in [0.15, 0.2) is 11.3 Å². The van der Waals surface area contributed by atoms with Gasteiger partial charge in [0.25, 0.3) is 5.91 Å². The summed E-state index contributed by atoms with van der Waals surface area (Å²) in [6.45, 7) is 7.14. The SMILES string of the molecule is C/C(=C(/C#N)C(=O)NCCC[NH+]1CCOCC1)N(C)C. The zero-order chi connectivity index (χ0) is 15.0. The summed E-state index contributed by atoms with van der Waals surface area (Å²) in [6, 6.07) is 1.98. The summed E-state index contributed by atoms with van der Waals surface area (Å²) in [6.07, 6.45) is 0.917. The molecule has 0 saturated carbocycles. The minimum atomic E-state index is -0.282. The number of nitrogens with zero attached hydrogens (tertiary/aromatic N) is 2. The third-order valence-corrected chi connectivity index (χ3v) is 3.56. The molecule has 1 aliphatic heterocycles. The van der Waals surface area contributed by atoms with Crippen molar-refractivity contribution in [3.8, 4) is 6.07 Å². The predicted octanol–water partition coefficient (Wildman–Crippen LogP) is -1.23. The Kier molecular flexibility index (Phi) is 7.05. The molecule has 112 valence electrons. The first-order chi connectivity index (χ1) is 9.56. The lowest BCUT2D eigenvalue weighted by atomic mass is 10.2. The second-order valence-corrected chi connectivity index (χ2v) is 5.19. The highest BCUT2D eigenvalue weighted by Crippen LogP contribution is 2.05. The van der Waals surface area contributed by atoms with Crippen molar-refractivity contribution in [1.29, 1.82) is 5.26 Å². The number of rotatable bonds is 6. The molecule has 0 bridgehead atoms. The van der Waals surface area contributed by atoms with Gasteiger partial charge in [-0.1, -0.05) is 0 Å². The molecule has 0 aromatic heterocycles. The number of quaternary nitrogens is 1. The minimum absolute atomic E-state index is 0.189. The van der Waals surface area contributed by atoms with Gasteiger partial charge in [-0.15, -0.1) is 0 Å². The Hall–Kier alpha value is -1.58. The maximum atomic E-state index is 11.9. The Morgan fingerprint density at radius 2 is 2.05 bits per heavy atom. The van der Waals surface area contributed by atoms with E-state index >= 15 is 0 Å². The molecule has 0 aromatic rings. The summed E-state index contributed by atoms with van der Waals surface area (Å²) in [5.41, 5.74) is 0.873. The first-order valence-corrected chi connectivity index (χ1v) is 7.04. The van der Waals surface area contributed by atoms with E-state index in [1.807, 2.05) is 20.2 Å². The number of nitriles is 1. The number of carbonyl (C=O) groups is 1. The van der Waals surface area contributed by atoms with Gasteiger partial charge in [0.05, 0.1) is 19.8 Å². The van der Waals surface area contributed by atoms with Crippen molar-refractivity contribution in [2.75, 3.05) is 53.5 Å². The van der Waals surface area contributed by atoms with Crippen LogP contribution in [0.25, 0.3) is 0 Å². The molecule has 0 radical (unpaired) electrons. The summed E-state index contributed by atoms with van der Waals surface area (Å²) in [4.78, 5) is 15.2. The second kappa shape index (κ2) is 8.56. The Bertz CT molecular complexity index is 392. The van der Waals surface area contributed by atoms with E-state index in [0.717, 1.165) is 39.3 Å². The van der Waals surface area contributed by atoms with E-state index in [1.54, 1.807) is 11.8 Å². The van der Waals surface area contributed by atoms with Crippen molar-refractivity contribution in [2.45, 2.75) is 13.3 Å². The normalized spacial score (nSPS) is 17.1. The van der Waals surface area contributed by atoms with Gasteiger partial charge in [0.1, 0.15) is 24.7 Å². The maximum absolute atomic E-state index is 11.9. The number of allylic oxidation sites excluding steroid dienone is 1. The predicted molar refractivity (Wildman–Crippen MR) is 76.0 cm³/mol. The van der Waals surface area contributed by atoms with Crippen LogP contribution >= 0.6 is 0 Å². The standard InChI is InChI=1S/C14H24N4O2/c1-12(17(2)3)13(11-15)14(19)16-5-4-6-18-7-9-20-10-8-18/h4-10H2,1-3H3,(H,16,19)/p+1/b13-12+. The van der Waals surface area contributed by atoms with Gasteiger partial charge >= 0.3 is 0 Å². The molecule has 20 heavy (non-hydrogen) atoms. The molecule has 0 unspecified atom stereocenters. The third-order valence-electron chi connectivity index (χ3n) is 3.56. The van der Waals surface area contributed by atoms with Gasteiger partial charge in [0.15, 0.2) is 0 Å². The van der Waals surface area contributed by atoms with E-state index in [0.29, 0.717) is 12.2 Å². The largest absolute Gasteiger partial charge is 0.380 e. The smallest absolute Gasteiger partial charge is 0.263 e. The molecule has 6 nitrogen and oxygen atoms in total. The van der Waals surface area contributed by atoms with Crippen LogP contribution in [0.4, 0.5) is 0 Å². The number of morpholine rings is 1. The highest BCUT2D eigenvalue weighted by Gasteiger charge is 2.15. The lowest BCUT2D eigenvalue weighted by Gasteiger charge is -2.23. The van der Waals surface area contributed by atoms with E-state index in [-0.39, 0.29) is 11.5 Å². The fourth-order valence-electron chi connectivity index (χ4n) is 2.06. The highest BCUT2D eigenvalue weighted by atomic mass is 16.5. The first-order valence-electron chi connectivity index (χ1n) is 7.04. The van der Waals surface area contributed by atoms with Crippen molar-refractivity contribution in [2.24, 2.45) is 0 Å². The lowest BCUT2D eigenvalue weighted by Crippen LogP contribution is -3.14. The van der Waals surface area contributed by atoms with E-state index < -0.39 is 0 Å². The van der Waals surface area contributed by atoms with Gasteiger partial charge in [0.2, 0.25) is 0 Å². The topological polar surface area (TPSA) is 69.8 Å². The maximum Gasteiger partial charge on any atom is 0.263 e. The average Bonchev–Trinajstić information content (AvgIpc) is 2.45. The Labute approximate surface area is 121 Å². The zero-order valence-electron chi connectivity index (χ0n) is 12.7. The molecule has 1 aliphatic rings. The van der Waals surface area contributed by atoms with Gasteiger partial charge in [-0.05, 0) is 6.92 Å². The fourth-order valence-corrected chi connectivity index (χ4v) is 2.06. The summed E-state index contributed by atoms with van der Waals surface area (Å²) in [5.74, 6) is -0.282. The molecule has 0 atom stereocenters. The van der Waals surface area contributed by atoms with E-state index in [4.69, 9.17) is 10.00 Å². The number of ether oxygens (including phenoxy) is 1. The molecule has 1 saturated heterocycles. The number of hydrogen-bond donors (Lipinski definition) is 2. The summed E-state index contributed by atoms with van der Waals surface area (Å²) in [5, 5.41) is 11.9.